The molecule has 6 rings (SSSR count). The van der Waals surface area contributed by atoms with Crippen molar-refractivity contribution < 1.29 is 0 Å². The second-order valence-corrected chi connectivity index (χ2v) is 18.1. The molecule has 4 aliphatic carbocycles. The fraction of sp³-hybridized carbons (Fsp3) is 0.684. The molecule has 0 radical (unpaired) electrons. The molecule has 0 spiro atoms. The van der Waals surface area contributed by atoms with Crippen LogP contribution < -0.4 is 0 Å². The molecular formula is C38H56. The maximum absolute atomic E-state index is 2.64. The molecule has 0 aliphatic heterocycles. The molecule has 2 aromatic carbocycles. The summed E-state index contributed by atoms with van der Waals surface area (Å²) in [6.45, 7) is 28.7. The molecule has 0 unspecified atom stereocenters. The van der Waals surface area contributed by atoms with Gasteiger partial charge in [0.2, 0.25) is 0 Å². The van der Waals surface area contributed by atoms with E-state index in [1.54, 1.807) is 11.1 Å². The quantitative estimate of drug-likeness (QED) is 0.375. The molecule has 4 aliphatic rings. The first-order chi connectivity index (χ1) is 17.2. The van der Waals surface area contributed by atoms with Crippen LogP contribution in [0.4, 0.5) is 0 Å². The van der Waals surface area contributed by atoms with Gasteiger partial charge in [0.25, 0.3) is 0 Å². The van der Waals surface area contributed by atoms with Crippen molar-refractivity contribution in [1.29, 1.82) is 0 Å². The molecule has 4 fully saturated rings. The molecule has 0 heterocycles. The summed E-state index contributed by atoms with van der Waals surface area (Å²) >= 11 is 0. The second kappa shape index (κ2) is 8.47. The lowest BCUT2D eigenvalue weighted by Gasteiger charge is -2.63. The SMILES string of the molecule is CC(C)(C)c1cc(C(C)(C)C)cc(C23CC4CC(C2)CC(c2cc(C(C)(C)C)cc(C(C)(C)C)c2)(C4)C3)c1. The highest BCUT2D eigenvalue weighted by Gasteiger charge is 2.59. The third kappa shape index (κ3) is 4.92. The summed E-state index contributed by atoms with van der Waals surface area (Å²) in [6, 6.07) is 15.6. The van der Waals surface area contributed by atoms with Crippen LogP contribution in [0.25, 0.3) is 0 Å². The number of benzene rings is 2. The van der Waals surface area contributed by atoms with Crippen LogP contribution in [-0.4, -0.2) is 0 Å². The summed E-state index contributed by atoms with van der Waals surface area (Å²) in [5.41, 5.74) is 10.7. The normalized spacial score (nSPS) is 29.7. The Balaban J connectivity index is 1.68. The Kier molecular flexibility index (Phi) is 6.24. The van der Waals surface area contributed by atoms with Crippen molar-refractivity contribution >= 4 is 0 Å². The predicted octanol–water partition coefficient (Wildman–Crippen LogP) is 10.7. The van der Waals surface area contributed by atoms with Crippen molar-refractivity contribution in [2.45, 2.75) is 154 Å². The molecule has 0 atom stereocenters. The van der Waals surface area contributed by atoms with Gasteiger partial charge in [0.1, 0.15) is 0 Å². The molecule has 38 heavy (non-hydrogen) atoms. The van der Waals surface area contributed by atoms with Crippen LogP contribution in [0, 0.1) is 11.8 Å². The zero-order valence-electron chi connectivity index (χ0n) is 26.9. The molecule has 0 nitrogen and oxygen atoms in total. The first kappa shape index (κ1) is 28.0. The Morgan fingerprint density at radius 1 is 0.447 bits per heavy atom. The lowest BCUT2D eigenvalue weighted by molar-refractivity contribution is -0.0283. The van der Waals surface area contributed by atoms with Gasteiger partial charge in [-0.2, -0.15) is 0 Å². The van der Waals surface area contributed by atoms with Crippen LogP contribution in [0.2, 0.25) is 0 Å². The fourth-order valence-corrected chi connectivity index (χ4v) is 8.54. The van der Waals surface area contributed by atoms with Crippen molar-refractivity contribution in [3.05, 3.63) is 69.8 Å². The van der Waals surface area contributed by atoms with E-state index in [1.807, 2.05) is 0 Å². The van der Waals surface area contributed by atoms with E-state index < -0.39 is 0 Å². The molecule has 4 bridgehead atoms. The summed E-state index contributed by atoms with van der Waals surface area (Å²) in [4.78, 5) is 0. The average molecular weight is 513 g/mol. The van der Waals surface area contributed by atoms with E-state index in [4.69, 9.17) is 0 Å². The molecule has 0 N–H and O–H groups in total. The van der Waals surface area contributed by atoms with Gasteiger partial charge in [-0.05, 0) is 116 Å². The Hall–Kier alpha value is -1.56. The van der Waals surface area contributed by atoms with Crippen molar-refractivity contribution in [2.24, 2.45) is 11.8 Å². The average Bonchev–Trinajstić information content (AvgIpc) is 2.75. The summed E-state index contributed by atoms with van der Waals surface area (Å²) in [7, 11) is 0. The van der Waals surface area contributed by atoms with Gasteiger partial charge in [-0.3, -0.25) is 0 Å². The van der Waals surface area contributed by atoms with Crippen LogP contribution in [-0.2, 0) is 32.5 Å². The third-order valence-electron chi connectivity index (χ3n) is 10.6. The van der Waals surface area contributed by atoms with Crippen LogP contribution in [0.3, 0.4) is 0 Å². The monoisotopic (exact) mass is 512 g/mol. The van der Waals surface area contributed by atoms with Gasteiger partial charge >= 0.3 is 0 Å². The zero-order valence-corrected chi connectivity index (χ0v) is 26.9. The summed E-state index contributed by atoms with van der Waals surface area (Å²) in [5, 5.41) is 0. The largest absolute Gasteiger partial charge is 0.0561 e. The molecule has 2 aromatic rings. The van der Waals surface area contributed by atoms with Crippen molar-refractivity contribution in [3.63, 3.8) is 0 Å². The lowest BCUT2D eigenvalue weighted by Crippen LogP contribution is -2.56. The standard InChI is InChI=1S/C38H56/c1-33(2,3)27-14-28(34(4,5)6)17-31(16-27)37-20-25-13-26(21-37)23-38(22-25,24-37)32-18-29(35(7,8)9)15-30(19-32)36(10,11)12/h14-19,25-26H,13,20-24H2,1-12H3. The molecule has 0 aromatic heterocycles. The summed E-state index contributed by atoms with van der Waals surface area (Å²) in [5.74, 6) is 1.73. The van der Waals surface area contributed by atoms with Crippen LogP contribution in [0.15, 0.2) is 36.4 Å². The smallest absolute Gasteiger partial charge is 0.00330 e. The van der Waals surface area contributed by atoms with Crippen LogP contribution in [0.1, 0.15) is 155 Å². The van der Waals surface area contributed by atoms with E-state index in [1.165, 1.54) is 60.8 Å². The third-order valence-corrected chi connectivity index (χ3v) is 10.6. The van der Waals surface area contributed by atoms with Gasteiger partial charge in [0.15, 0.2) is 0 Å². The van der Waals surface area contributed by atoms with E-state index in [-0.39, 0.29) is 21.7 Å². The number of hydrogen-bond donors (Lipinski definition) is 0. The van der Waals surface area contributed by atoms with Crippen LogP contribution >= 0.6 is 0 Å². The van der Waals surface area contributed by atoms with E-state index in [9.17, 15) is 0 Å². The maximum Gasteiger partial charge on any atom is -0.00330 e. The van der Waals surface area contributed by atoms with Gasteiger partial charge in [0.05, 0.1) is 0 Å². The Morgan fingerprint density at radius 3 is 0.947 bits per heavy atom. The molecule has 0 saturated heterocycles. The van der Waals surface area contributed by atoms with E-state index in [0.29, 0.717) is 10.8 Å². The molecule has 208 valence electrons. The van der Waals surface area contributed by atoms with Crippen LogP contribution in [0.5, 0.6) is 0 Å². The lowest BCUT2D eigenvalue weighted by atomic mass is 9.41. The van der Waals surface area contributed by atoms with Gasteiger partial charge in [-0.1, -0.05) is 119 Å². The minimum atomic E-state index is 0.165. The molecule has 0 heteroatoms. The molecule has 4 saturated carbocycles. The second-order valence-electron chi connectivity index (χ2n) is 18.1. The minimum absolute atomic E-state index is 0.165. The van der Waals surface area contributed by atoms with E-state index in [2.05, 4.69) is 119 Å². The molecule has 0 amide bonds. The van der Waals surface area contributed by atoms with E-state index >= 15 is 0 Å². The Bertz CT molecular complexity index is 1040. The predicted molar refractivity (Wildman–Crippen MR) is 166 cm³/mol. The van der Waals surface area contributed by atoms with Gasteiger partial charge in [-0.25, -0.2) is 0 Å². The fourth-order valence-electron chi connectivity index (χ4n) is 8.54. The highest BCUT2D eigenvalue weighted by molar-refractivity contribution is 5.46. The molecular weight excluding hydrogens is 456 g/mol. The van der Waals surface area contributed by atoms with E-state index in [0.717, 1.165) is 11.8 Å². The topological polar surface area (TPSA) is 0 Å². The number of hydrogen-bond acceptors (Lipinski definition) is 0. The van der Waals surface area contributed by atoms with Crippen molar-refractivity contribution in [2.75, 3.05) is 0 Å². The highest BCUT2D eigenvalue weighted by atomic mass is 14.6. The van der Waals surface area contributed by atoms with Gasteiger partial charge < -0.3 is 0 Å². The first-order valence-electron chi connectivity index (χ1n) is 15.5. The first-order valence-corrected chi connectivity index (χ1v) is 15.5. The number of rotatable bonds is 2. The zero-order chi connectivity index (χ0) is 28.1. The highest BCUT2D eigenvalue weighted by Crippen LogP contribution is 2.66. The van der Waals surface area contributed by atoms with Crippen molar-refractivity contribution in [1.82, 2.24) is 0 Å². The Morgan fingerprint density at radius 2 is 0.711 bits per heavy atom. The van der Waals surface area contributed by atoms with Crippen molar-refractivity contribution in [3.8, 4) is 0 Å². The van der Waals surface area contributed by atoms with Gasteiger partial charge in [0, 0.05) is 0 Å². The minimum Gasteiger partial charge on any atom is -0.0561 e. The Labute approximate surface area is 235 Å². The van der Waals surface area contributed by atoms with Gasteiger partial charge in [-0.15, -0.1) is 0 Å². The maximum atomic E-state index is 2.64. The summed E-state index contributed by atoms with van der Waals surface area (Å²) < 4.78 is 0. The summed E-state index contributed by atoms with van der Waals surface area (Å²) in [6.07, 6.45) is 8.38.